The van der Waals surface area contributed by atoms with Crippen molar-refractivity contribution in [3.8, 4) is 0 Å². The van der Waals surface area contributed by atoms with Crippen molar-refractivity contribution < 1.29 is 8.42 Å². The van der Waals surface area contributed by atoms with Gasteiger partial charge in [0, 0.05) is 24.8 Å². The van der Waals surface area contributed by atoms with Gasteiger partial charge in [0.15, 0.2) is 0 Å². The van der Waals surface area contributed by atoms with Gasteiger partial charge in [0.1, 0.15) is 4.90 Å². The van der Waals surface area contributed by atoms with E-state index in [0.29, 0.717) is 12.6 Å². The van der Waals surface area contributed by atoms with Gasteiger partial charge in [0.25, 0.3) is 0 Å². The van der Waals surface area contributed by atoms with E-state index in [2.05, 4.69) is 15.5 Å². The maximum atomic E-state index is 12.5. The van der Waals surface area contributed by atoms with E-state index in [0.717, 1.165) is 32.2 Å². The maximum absolute atomic E-state index is 12.5. The number of hydrogen-bond acceptors (Lipinski definition) is 4. The van der Waals surface area contributed by atoms with Crippen LogP contribution < -0.4 is 5.32 Å². The molecule has 6 nitrogen and oxygen atoms in total. The Bertz CT molecular complexity index is 489. The molecule has 1 atom stereocenters. The average Bonchev–Trinajstić information content (AvgIpc) is 2.87. The molecule has 0 radical (unpaired) electrons. The van der Waals surface area contributed by atoms with Crippen molar-refractivity contribution in [1.82, 2.24) is 19.8 Å². The maximum Gasteiger partial charge on any atom is 0.246 e. The Balaban J connectivity index is 1.80. The summed E-state index contributed by atoms with van der Waals surface area (Å²) in [6.07, 6.45) is 6.98. The highest BCUT2D eigenvalue weighted by Gasteiger charge is 2.39. The van der Waals surface area contributed by atoms with Crippen LogP contribution in [-0.4, -0.2) is 48.1 Å². The second kappa shape index (κ2) is 4.64. The summed E-state index contributed by atoms with van der Waals surface area (Å²) < 4.78 is 26.7. The van der Waals surface area contributed by atoms with Crippen molar-refractivity contribution in [2.24, 2.45) is 0 Å². The second-order valence-corrected chi connectivity index (χ2v) is 6.92. The molecule has 2 heterocycles. The summed E-state index contributed by atoms with van der Waals surface area (Å²) in [6, 6.07) is 0.486. The quantitative estimate of drug-likeness (QED) is 0.807. The number of nitrogens with one attached hydrogen (secondary N) is 2. The predicted molar refractivity (Wildman–Crippen MR) is 66.5 cm³/mol. The third kappa shape index (κ3) is 2.30. The molecule has 1 aromatic rings. The second-order valence-electron chi connectivity index (χ2n) is 5.03. The van der Waals surface area contributed by atoms with Crippen molar-refractivity contribution in [2.45, 2.75) is 42.7 Å². The molecule has 1 aromatic heterocycles. The minimum atomic E-state index is -3.38. The summed E-state index contributed by atoms with van der Waals surface area (Å²) in [5.41, 5.74) is 0. The zero-order chi connectivity index (χ0) is 12.6. The van der Waals surface area contributed by atoms with Gasteiger partial charge in [-0.25, -0.2) is 8.42 Å². The fourth-order valence-electron chi connectivity index (χ4n) is 2.45. The molecule has 2 aliphatic rings. The number of aromatic nitrogens is 2. The van der Waals surface area contributed by atoms with E-state index in [9.17, 15) is 8.42 Å². The Hall–Kier alpha value is -0.920. The van der Waals surface area contributed by atoms with Crippen LogP contribution in [0.4, 0.5) is 0 Å². The van der Waals surface area contributed by atoms with Crippen molar-refractivity contribution in [3.63, 3.8) is 0 Å². The van der Waals surface area contributed by atoms with Gasteiger partial charge in [-0.2, -0.15) is 9.40 Å². The molecule has 0 spiro atoms. The highest BCUT2D eigenvalue weighted by Crippen LogP contribution is 2.32. The lowest BCUT2D eigenvalue weighted by atomic mass is 10.2. The summed E-state index contributed by atoms with van der Waals surface area (Å²) in [5.74, 6) is 0. The molecule has 1 aliphatic heterocycles. The van der Waals surface area contributed by atoms with E-state index in [1.807, 2.05) is 0 Å². The Labute approximate surface area is 107 Å². The number of sulfonamides is 1. The summed E-state index contributed by atoms with van der Waals surface area (Å²) in [5, 5.41) is 9.67. The van der Waals surface area contributed by atoms with Crippen LogP contribution in [0.2, 0.25) is 0 Å². The van der Waals surface area contributed by atoms with Crippen LogP contribution in [0.5, 0.6) is 0 Å². The molecular weight excluding hydrogens is 252 g/mol. The highest BCUT2D eigenvalue weighted by molar-refractivity contribution is 7.89. The first-order chi connectivity index (χ1) is 8.68. The Morgan fingerprint density at radius 1 is 1.39 bits per heavy atom. The summed E-state index contributed by atoms with van der Waals surface area (Å²) in [4.78, 5) is 0.271. The van der Waals surface area contributed by atoms with Crippen molar-refractivity contribution in [3.05, 3.63) is 12.4 Å². The molecule has 18 heavy (non-hydrogen) atoms. The van der Waals surface area contributed by atoms with Crippen molar-refractivity contribution in [1.29, 1.82) is 0 Å². The fraction of sp³-hybridized carbons (Fsp3) is 0.727. The lowest BCUT2D eigenvalue weighted by molar-refractivity contribution is 0.363. The van der Waals surface area contributed by atoms with E-state index < -0.39 is 10.0 Å². The number of rotatable bonds is 5. The molecule has 1 saturated carbocycles. The fourth-order valence-corrected chi connectivity index (χ4v) is 4.09. The molecule has 1 unspecified atom stereocenters. The minimum absolute atomic E-state index is 0.187. The van der Waals surface area contributed by atoms with Crippen LogP contribution in [-0.2, 0) is 10.0 Å². The summed E-state index contributed by atoms with van der Waals surface area (Å²) >= 11 is 0. The summed E-state index contributed by atoms with van der Waals surface area (Å²) in [7, 11) is -3.38. The Morgan fingerprint density at radius 3 is 2.78 bits per heavy atom. The third-order valence-electron chi connectivity index (χ3n) is 3.60. The van der Waals surface area contributed by atoms with Crippen molar-refractivity contribution in [2.75, 3.05) is 13.1 Å². The SMILES string of the molecule is O=S(=O)(c1cn[nH]c1)N(CC1CCCN1)C1CC1. The van der Waals surface area contributed by atoms with Gasteiger partial charge < -0.3 is 5.32 Å². The van der Waals surface area contributed by atoms with Gasteiger partial charge >= 0.3 is 0 Å². The monoisotopic (exact) mass is 270 g/mol. The first-order valence-electron chi connectivity index (χ1n) is 6.42. The predicted octanol–water partition coefficient (Wildman–Crippen LogP) is 0.315. The molecule has 3 rings (SSSR count). The van der Waals surface area contributed by atoms with Gasteiger partial charge in [0.05, 0.1) is 6.20 Å². The number of H-pyrrole nitrogens is 1. The molecule has 0 amide bonds. The third-order valence-corrected chi connectivity index (χ3v) is 5.48. The summed E-state index contributed by atoms with van der Waals surface area (Å²) in [6.45, 7) is 1.58. The lowest BCUT2D eigenvalue weighted by Crippen LogP contribution is -2.42. The zero-order valence-corrected chi connectivity index (χ0v) is 11.0. The Morgan fingerprint density at radius 2 is 2.22 bits per heavy atom. The molecule has 100 valence electrons. The van der Waals surface area contributed by atoms with E-state index >= 15 is 0 Å². The number of aromatic amines is 1. The van der Waals surface area contributed by atoms with Gasteiger partial charge in [-0.3, -0.25) is 5.10 Å². The van der Waals surface area contributed by atoms with E-state index in [-0.39, 0.29) is 10.9 Å². The van der Waals surface area contributed by atoms with E-state index in [4.69, 9.17) is 0 Å². The first kappa shape index (κ1) is 12.1. The van der Waals surface area contributed by atoms with Crippen LogP contribution >= 0.6 is 0 Å². The minimum Gasteiger partial charge on any atom is -0.313 e. The van der Waals surface area contributed by atoms with E-state index in [1.165, 1.54) is 12.4 Å². The molecule has 7 heteroatoms. The van der Waals surface area contributed by atoms with Crippen LogP contribution in [0.3, 0.4) is 0 Å². The smallest absolute Gasteiger partial charge is 0.246 e. The molecule has 2 fully saturated rings. The normalized spacial score (nSPS) is 24.8. The number of nitrogens with zero attached hydrogens (tertiary/aromatic N) is 2. The Kier molecular flexibility index (Phi) is 3.13. The molecule has 1 saturated heterocycles. The zero-order valence-electron chi connectivity index (χ0n) is 10.2. The highest BCUT2D eigenvalue weighted by atomic mass is 32.2. The number of hydrogen-bond donors (Lipinski definition) is 2. The molecule has 0 aromatic carbocycles. The standard InChI is InChI=1S/C11H18N4O2S/c16-18(17,11-6-13-14-7-11)15(10-3-4-10)8-9-2-1-5-12-9/h6-7,9-10,12H,1-5,8H2,(H,13,14). The largest absolute Gasteiger partial charge is 0.313 e. The first-order valence-corrected chi connectivity index (χ1v) is 7.86. The average molecular weight is 270 g/mol. The van der Waals surface area contributed by atoms with Gasteiger partial charge in [-0.15, -0.1) is 0 Å². The van der Waals surface area contributed by atoms with Crippen LogP contribution in [0.15, 0.2) is 17.3 Å². The molecule has 0 bridgehead atoms. The topological polar surface area (TPSA) is 78.1 Å². The van der Waals surface area contributed by atoms with Gasteiger partial charge in [-0.05, 0) is 32.2 Å². The molecular formula is C11H18N4O2S. The van der Waals surface area contributed by atoms with Crippen LogP contribution in [0.25, 0.3) is 0 Å². The van der Waals surface area contributed by atoms with Crippen LogP contribution in [0, 0.1) is 0 Å². The van der Waals surface area contributed by atoms with Crippen molar-refractivity contribution >= 4 is 10.0 Å². The van der Waals surface area contributed by atoms with Crippen LogP contribution in [0.1, 0.15) is 25.7 Å². The van der Waals surface area contributed by atoms with Gasteiger partial charge in [0.2, 0.25) is 10.0 Å². The van der Waals surface area contributed by atoms with E-state index in [1.54, 1.807) is 4.31 Å². The van der Waals surface area contributed by atoms with Gasteiger partial charge in [-0.1, -0.05) is 0 Å². The molecule has 2 N–H and O–H groups in total. The molecule has 1 aliphatic carbocycles. The lowest BCUT2D eigenvalue weighted by Gasteiger charge is -2.24.